The highest BCUT2D eigenvalue weighted by atomic mass is 19.4. The number of aliphatic hydroxyl groups is 1. The summed E-state index contributed by atoms with van der Waals surface area (Å²) >= 11 is 0. The van der Waals surface area contributed by atoms with Crippen LogP contribution in [0, 0.1) is 0 Å². The lowest BCUT2D eigenvalue weighted by atomic mass is 10.1. The number of aliphatic hydroxyl groups excluding tert-OH is 1. The van der Waals surface area contributed by atoms with Crippen molar-refractivity contribution in [1.29, 1.82) is 0 Å². The maximum absolute atomic E-state index is 13.1. The van der Waals surface area contributed by atoms with Gasteiger partial charge in [-0.25, -0.2) is 0 Å². The molecule has 31 heavy (non-hydrogen) atoms. The minimum atomic E-state index is -4.51. The molecule has 1 atom stereocenters. The van der Waals surface area contributed by atoms with Gasteiger partial charge in [-0.3, -0.25) is 9.59 Å². The molecule has 1 heterocycles. The highest BCUT2D eigenvalue weighted by molar-refractivity contribution is 5.92. The number of benzene rings is 2. The maximum Gasteiger partial charge on any atom is 0.416 e. The number of carbonyl (C=O) groups excluding carboxylic acids is 2. The van der Waals surface area contributed by atoms with E-state index in [2.05, 4.69) is 0 Å². The van der Waals surface area contributed by atoms with E-state index in [0.29, 0.717) is 18.7 Å². The van der Waals surface area contributed by atoms with E-state index in [9.17, 15) is 22.8 Å². The normalized spacial score (nSPS) is 16.3. The maximum atomic E-state index is 13.1. The van der Waals surface area contributed by atoms with Crippen LogP contribution in [0.4, 0.5) is 18.9 Å². The van der Waals surface area contributed by atoms with Crippen LogP contribution in [0.5, 0.6) is 5.75 Å². The lowest BCUT2D eigenvalue weighted by Crippen LogP contribution is -2.42. The van der Waals surface area contributed by atoms with Crippen molar-refractivity contribution in [3.05, 3.63) is 59.7 Å². The van der Waals surface area contributed by atoms with E-state index in [1.807, 2.05) is 0 Å². The van der Waals surface area contributed by atoms with Gasteiger partial charge in [-0.1, -0.05) is 18.2 Å². The number of hydrogen-bond donors (Lipinski definition) is 1. The summed E-state index contributed by atoms with van der Waals surface area (Å²) in [5.74, 6) is -0.184. The van der Waals surface area contributed by atoms with E-state index in [0.717, 1.165) is 17.7 Å². The molecule has 1 fully saturated rings. The lowest BCUT2D eigenvalue weighted by molar-refractivity contribution is -0.137. The van der Waals surface area contributed by atoms with Crippen LogP contribution >= 0.6 is 0 Å². The first-order valence-electron chi connectivity index (χ1n) is 9.76. The van der Waals surface area contributed by atoms with Gasteiger partial charge in [0.2, 0.25) is 5.91 Å². The standard InChI is InChI=1S/C22H23F3N2O4/c1-15(29)27(18-4-2-3-17(11-18)22(23,24)25)19-9-10-26(12-19)21(30)14-31-20-7-5-16(13-28)6-8-20/h2-8,11,19,28H,9-10,12-14H2,1H3. The molecular weight excluding hydrogens is 413 g/mol. The van der Waals surface area contributed by atoms with E-state index in [-0.39, 0.29) is 37.3 Å². The van der Waals surface area contributed by atoms with Crippen LogP contribution in [0.1, 0.15) is 24.5 Å². The van der Waals surface area contributed by atoms with Crippen molar-refractivity contribution in [2.45, 2.75) is 32.2 Å². The third kappa shape index (κ3) is 5.55. The molecule has 3 rings (SSSR count). The largest absolute Gasteiger partial charge is 0.484 e. The van der Waals surface area contributed by atoms with Gasteiger partial charge < -0.3 is 19.6 Å². The summed E-state index contributed by atoms with van der Waals surface area (Å²) < 4.78 is 44.7. The summed E-state index contributed by atoms with van der Waals surface area (Å²) in [5, 5.41) is 9.05. The zero-order valence-corrected chi connectivity index (χ0v) is 16.9. The molecule has 0 spiro atoms. The number of amides is 2. The second-order valence-electron chi connectivity index (χ2n) is 7.31. The number of rotatable bonds is 6. The summed E-state index contributed by atoms with van der Waals surface area (Å²) in [6, 6.07) is 10.9. The van der Waals surface area contributed by atoms with Crippen molar-refractivity contribution in [3.63, 3.8) is 0 Å². The summed E-state index contributed by atoms with van der Waals surface area (Å²) in [4.78, 5) is 27.6. The Labute approximate surface area is 177 Å². The first-order valence-corrected chi connectivity index (χ1v) is 9.76. The molecule has 0 aliphatic carbocycles. The van der Waals surface area contributed by atoms with E-state index in [1.54, 1.807) is 24.3 Å². The van der Waals surface area contributed by atoms with Gasteiger partial charge in [0.25, 0.3) is 5.91 Å². The van der Waals surface area contributed by atoms with Crippen LogP contribution in [-0.2, 0) is 22.4 Å². The predicted octanol–water partition coefficient (Wildman–Crippen LogP) is 3.23. The number of likely N-dealkylation sites (tertiary alicyclic amines) is 1. The summed E-state index contributed by atoms with van der Waals surface area (Å²) in [5.41, 5.74) is 0.0459. The zero-order valence-electron chi connectivity index (χ0n) is 16.9. The Morgan fingerprint density at radius 1 is 1.19 bits per heavy atom. The smallest absolute Gasteiger partial charge is 0.416 e. The highest BCUT2D eigenvalue weighted by Gasteiger charge is 2.35. The quantitative estimate of drug-likeness (QED) is 0.755. The summed E-state index contributed by atoms with van der Waals surface area (Å²) in [7, 11) is 0. The number of nitrogens with zero attached hydrogens (tertiary/aromatic N) is 2. The van der Waals surface area contributed by atoms with Crippen molar-refractivity contribution >= 4 is 17.5 Å². The number of anilines is 1. The molecule has 6 nitrogen and oxygen atoms in total. The molecule has 2 aromatic rings. The molecule has 1 saturated heterocycles. The Hall–Kier alpha value is -3.07. The minimum absolute atomic E-state index is 0.0904. The molecule has 9 heteroatoms. The van der Waals surface area contributed by atoms with Crippen molar-refractivity contribution in [2.24, 2.45) is 0 Å². The molecule has 0 saturated carbocycles. The third-order valence-electron chi connectivity index (χ3n) is 5.14. The third-order valence-corrected chi connectivity index (χ3v) is 5.14. The second-order valence-corrected chi connectivity index (χ2v) is 7.31. The van der Waals surface area contributed by atoms with Gasteiger partial charge in [-0.2, -0.15) is 13.2 Å². The van der Waals surface area contributed by atoms with Gasteiger partial charge in [0.15, 0.2) is 6.61 Å². The average Bonchev–Trinajstić information content (AvgIpc) is 3.21. The fourth-order valence-electron chi connectivity index (χ4n) is 3.59. The Morgan fingerprint density at radius 3 is 2.52 bits per heavy atom. The van der Waals surface area contributed by atoms with Crippen LogP contribution in [-0.4, -0.2) is 47.6 Å². The topological polar surface area (TPSA) is 70.1 Å². The van der Waals surface area contributed by atoms with Crippen LogP contribution in [0.15, 0.2) is 48.5 Å². The van der Waals surface area contributed by atoms with Gasteiger partial charge in [0.05, 0.1) is 18.2 Å². The first kappa shape index (κ1) is 22.6. The lowest BCUT2D eigenvalue weighted by Gasteiger charge is -2.28. The number of ether oxygens (including phenoxy) is 1. The Morgan fingerprint density at radius 2 is 1.90 bits per heavy atom. The fraction of sp³-hybridized carbons (Fsp3) is 0.364. The van der Waals surface area contributed by atoms with Crippen LogP contribution < -0.4 is 9.64 Å². The molecule has 0 radical (unpaired) electrons. The molecule has 0 bridgehead atoms. The number of halogens is 3. The Bertz CT molecular complexity index is 931. The molecule has 1 aliphatic heterocycles. The van der Waals surface area contributed by atoms with E-state index < -0.39 is 17.8 Å². The highest BCUT2D eigenvalue weighted by Crippen LogP contribution is 2.33. The van der Waals surface area contributed by atoms with Gasteiger partial charge in [0, 0.05) is 25.7 Å². The number of carbonyl (C=O) groups is 2. The second kappa shape index (κ2) is 9.38. The molecule has 166 valence electrons. The Kier molecular flexibility index (Phi) is 6.84. The van der Waals surface area contributed by atoms with Crippen LogP contribution in [0.25, 0.3) is 0 Å². The molecule has 2 amide bonds. The fourth-order valence-corrected chi connectivity index (χ4v) is 3.59. The van der Waals surface area contributed by atoms with Crippen molar-refractivity contribution in [1.82, 2.24) is 4.90 Å². The molecule has 1 aliphatic rings. The van der Waals surface area contributed by atoms with E-state index in [1.165, 1.54) is 28.9 Å². The van der Waals surface area contributed by atoms with Gasteiger partial charge in [0.1, 0.15) is 5.75 Å². The average molecular weight is 436 g/mol. The molecule has 1 N–H and O–H groups in total. The SMILES string of the molecule is CC(=O)N(c1cccc(C(F)(F)F)c1)C1CCN(C(=O)COc2ccc(CO)cc2)C1. The molecular formula is C22H23F3N2O4. The van der Waals surface area contributed by atoms with Crippen molar-refractivity contribution in [3.8, 4) is 5.75 Å². The Balaban J connectivity index is 1.64. The van der Waals surface area contributed by atoms with Crippen molar-refractivity contribution in [2.75, 3.05) is 24.6 Å². The van der Waals surface area contributed by atoms with Crippen LogP contribution in [0.3, 0.4) is 0 Å². The van der Waals surface area contributed by atoms with E-state index >= 15 is 0 Å². The summed E-state index contributed by atoms with van der Waals surface area (Å²) in [6.07, 6.45) is -4.06. The van der Waals surface area contributed by atoms with E-state index in [4.69, 9.17) is 9.84 Å². The number of alkyl halides is 3. The predicted molar refractivity (Wildman–Crippen MR) is 107 cm³/mol. The molecule has 2 aromatic carbocycles. The molecule has 0 aromatic heterocycles. The van der Waals surface area contributed by atoms with Gasteiger partial charge in [-0.05, 0) is 42.3 Å². The minimum Gasteiger partial charge on any atom is -0.484 e. The summed E-state index contributed by atoms with van der Waals surface area (Å²) in [6.45, 7) is 1.59. The van der Waals surface area contributed by atoms with Crippen LogP contribution in [0.2, 0.25) is 0 Å². The number of hydrogen-bond acceptors (Lipinski definition) is 4. The monoisotopic (exact) mass is 436 g/mol. The van der Waals surface area contributed by atoms with Gasteiger partial charge in [-0.15, -0.1) is 0 Å². The van der Waals surface area contributed by atoms with Gasteiger partial charge >= 0.3 is 6.18 Å². The first-order chi connectivity index (χ1) is 14.7. The van der Waals surface area contributed by atoms with Crippen molar-refractivity contribution < 1.29 is 32.6 Å². The molecule has 1 unspecified atom stereocenters. The zero-order chi connectivity index (χ0) is 22.6.